The van der Waals surface area contributed by atoms with E-state index in [0.29, 0.717) is 12.5 Å². The molecule has 1 aromatic carbocycles. The van der Waals surface area contributed by atoms with Gasteiger partial charge in [-0.3, -0.25) is 0 Å². The number of benzene rings is 1. The number of hydrogen-bond donors (Lipinski definition) is 2. The average molecular weight is 298 g/mol. The van der Waals surface area contributed by atoms with Gasteiger partial charge in [-0.15, -0.1) is 0 Å². The number of nitrogens with two attached hydrogens (primary N) is 1. The van der Waals surface area contributed by atoms with E-state index in [1.807, 2.05) is 13.8 Å². The summed E-state index contributed by atoms with van der Waals surface area (Å²) in [7, 11) is -3.69. The Morgan fingerprint density at radius 1 is 1.40 bits per heavy atom. The van der Waals surface area contributed by atoms with Crippen LogP contribution in [0.1, 0.15) is 25.8 Å². The van der Waals surface area contributed by atoms with E-state index in [0.717, 1.165) is 18.6 Å². The Hall–Kier alpha value is -1.42. The molecule has 0 aliphatic rings. The molecule has 1 aromatic rings. The van der Waals surface area contributed by atoms with E-state index in [4.69, 9.17) is 5.73 Å². The van der Waals surface area contributed by atoms with Gasteiger partial charge in [0.1, 0.15) is 5.82 Å². The van der Waals surface area contributed by atoms with Crippen LogP contribution >= 0.6 is 0 Å². The van der Waals surface area contributed by atoms with Crippen LogP contribution in [0.4, 0.5) is 4.39 Å². The Morgan fingerprint density at radius 3 is 2.70 bits per heavy atom. The molecule has 0 unspecified atom stereocenters. The van der Waals surface area contributed by atoms with Crippen molar-refractivity contribution in [2.75, 3.05) is 13.1 Å². The Balaban J connectivity index is 3.05. The highest BCUT2D eigenvalue weighted by Crippen LogP contribution is 2.16. The zero-order valence-electron chi connectivity index (χ0n) is 11.6. The molecule has 0 atom stereocenters. The number of sulfonamides is 1. The van der Waals surface area contributed by atoms with Crippen LogP contribution in [0.15, 0.2) is 23.1 Å². The van der Waals surface area contributed by atoms with Crippen LogP contribution in [-0.2, 0) is 10.0 Å². The molecule has 1 rings (SSSR count). The minimum atomic E-state index is -3.69. The largest absolute Gasteiger partial charge is 0.320 e. The predicted molar refractivity (Wildman–Crippen MR) is 77.0 cm³/mol. The molecule has 0 spiro atoms. The summed E-state index contributed by atoms with van der Waals surface area (Å²) in [6.45, 7) is 4.42. The van der Waals surface area contributed by atoms with Crippen molar-refractivity contribution in [1.29, 1.82) is 0 Å². The topological polar surface area (TPSA) is 72.2 Å². The van der Waals surface area contributed by atoms with E-state index in [1.54, 1.807) is 0 Å². The van der Waals surface area contributed by atoms with E-state index in [2.05, 4.69) is 16.6 Å². The molecule has 0 aliphatic heterocycles. The minimum absolute atomic E-state index is 0.0244. The average Bonchev–Trinajstić information content (AvgIpc) is 2.35. The van der Waals surface area contributed by atoms with Crippen LogP contribution in [0.3, 0.4) is 0 Å². The van der Waals surface area contributed by atoms with Crippen molar-refractivity contribution in [3.63, 3.8) is 0 Å². The first kappa shape index (κ1) is 16.6. The molecule has 0 radical (unpaired) electrons. The van der Waals surface area contributed by atoms with Gasteiger partial charge in [-0.2, -0.15) is 0 Å². The van der Waals surface area contributed by atoms with Gasteiger partial charge in [0.15, 0.2) is 0 Å². The van der Waals surface area contributed by atoms with Gasteiger partial charge >= 0.3 is 0 Å². The summed E-state index contributed by atoms with van der Waals surface area (Å²) in [5, 5.41) is 0. The number of hydrogen-bond acceptors (Lipinski definition) is 3. The highest BCUT2D eigenvalue weighted by Gasteiger charge is 2.18. The van der Waals surface area contributed by atoms with Crippen LogP contribution in [0, 0.1) is 23.6 Å². The van der Waals surface area contributed by atoms with Gasteiger partial charge in [0.25, 0.3) is 0 Å². The third kappa shape index (κ3) is 4.93. The lowest BCUT2D eigenvalue weighted by Gasteiger charge is -2.10. The molecule has 0 amide bonds. The molecule has 0 saturated carbocycles. The molecular formula is C14H19FN2O2S. The minimum Gasteiger partial charge on any atom is -0.320 e. The quantitative estimate of drug-likeness (QED) is 0.808. The maximum Gasteiger partial charge on any atom is 0.241 e. The summed E-state index contributed by atoms with van der Waals surface area (Å²) < 4.78 is 40.1. The van der Waals surface area contributed by atoms with Crippen molar-refractivity contribution >= 4 is 10.0 Å². The standard InChI is InChI=1S/C14H19FN2O2S/c1-11(2)7-9-17-20(18,19)14-6-5-13(15)10-12(14)4-3-8-16/h5-6,10-11,17H,7-9,16H2,1-2H3. The molecule has 0 saturated heterocycles. The molecule has 20 heavy (non-hydrogen) atoms. The zero-order valence-corrected chi connectivity index (χ0v) is 12.4. The van der Waals surface area contributed by atoms with Crippen LogP contribution < -0.4 is 10.5 Å². The molecule has 0 heterocycles. The first-order valence-corrected chi connectivity index (χ1v) is 7.83. The van der Waals surface area contributed by atoms with Crippen molar-refractivity contribution in [3.8, 4) is 11.8 Å². The molecule has 0 aliphatic carbocycles. The van der Waals surface area contributed by atoms with Crippen LogP contribution in [-0.4, -0.2) is 21.5 Å². The van der Waals surface area contributed by atoms with Gasteiger partial charge in [0.2, 0.25) is 10.0 Å². The van der Waals surface area contributed by atoms with Crippen molar-refractivity contribution in [2.45, 2.75) is 25.2 Å². The fourth-order valence-corrected chi connectivity index (χ4v) is 2.73. The summed E-state index contributed by atoms with van der Waals surface area (Å²) in [6, 6.07) is 3.41. The second kappa shape index (κ2) is 7.39. The second-order valence-corrected chi connectivity index (χ2v) is 6.46. The Labute approximate surface area is 119 Å². The van der Waals surface area contributed by atoms with Gasteiger partial charge < -0.3 is 5.73 Å². The fraction of sp³-hybridized carbons (Fsp3) is 0.429. The van der Waals surface area contributed by atoms with Crippen LogP contribution in [0.25, 0.3) is 0 Å². The molecule has 6 heteroatoms. The Bertz CT molecular complexity index is 616. The SMILES string of the molecule is CC(C)CCNS(=O)(=O)c1ccc(F)cc1C#CCN. The molecule has 0 aromatic heterocycles. The summed E-state index contributed by atoms with van der Waals surface area (Å²) in [4.78, 5) is -0.0244. The van der Waals surface area contributed by atoms with Gasteiger partial charge in [-0.05, 0) is 30.5 Å². The van der Waals surface area contributed by atoms with Crippen molar-refractivity contribution in [2.24, 2.45) is 11.7 Å². The highest BCUT2D eigenvalue weighted by atomic mass is 32.2. The second-order valence-electron chi connectivity index (χ2n) is 4.73. The summed E-state index contributed by atoms with van der Waals surface area (Å²) in [5.41, 5.74) is 5.37. The van der Waals surface area contributed by atoms with Gasteiger partial charge in [-0.25, -0.2) is 17.5 Å². The van der Waals surface area contributed by atoms with Gasteiger partial charge in [-0.1, -0.05) is 25.7 Å². The fourth-order valence-electron chi connectivity index (χ4n) is 1.54. The Morgan fingerprint density at radius 2 is 2.10 bits per heavy atom. The molecule has 4 nitrogen and oxygen atoms in total. The highest BCUT2D eigenvalue weighted by molar-refractivity contribution is 7.89. The first-order chi connectivity index (χ1) is 9.36. The maximum atomic E-state index is 13.2. The third-order valence-electron chi connectivity index (χ3n) is 2.57. The molecule has 0 fully saturated rings. The summed E-state index contributed by atoms with van der Waals surface area (Å²) >= 11 is 0. The van der Waals surface area contributed by atoms with Crippen LogP contribution in [0.2, 0.25) is 0 Å². The van der Waals surface area contributed by atoms with E-state index in [9.17, 15) is 12.8 Å². The smallest absolute Gasteiger partial charge is 0.241 e. The Kier molecular flexibility index (Phi) is 6.14. The maximum absolute atomic E-state index is 13.2. The molecule has 110 valence electrons. The first-order valence-electron chi connectivity index (χ1n) is 6.35. The summed E-state index contributed by atoms with van der Waals surface area (Å²) in [5.74, 6) is 4.98. The normalized spacial score (nSPS) is 11.2. The number of nitrogens with one attached hydrogen (secondary N) is 1. The lowest BCUT2D eigenvalue weighted by molar-refractivity contribution is 0.551. The van der Waals surface area contributed by atoms with E-state index in [-0.39, 0.29) is 17.0 Å². The van der Waals surface area contributed by atoms with E-state index < -0.39 is 15.8 Å². The number of halogens is 1. The van der Waals surface area contributed by atoms with E-state index >= 15 is 0 Å². The van der Waals surface area contributed by atoms with Crippen molar-refractivity contribution < 1.29 is 12.8 Å². The van der Waals surface area contributed by atoms with Crippen molar-refractivity contribution in [3.05, 3.63) is 29.6 Å². The van der Waals surface area contributed by atoms with Gasteiger partial charge in [0, 0.05) is 12.1 Å². The predicted octanol–water partition coefficient (Wildman–Crippen LogP) is 1.46. The lowest BCUT2D eigenvalue weighted by atomic mass is 10.1. The third-order valence-corrected chi connectivity index (χ3v) is 4.09. The number of rotatable bonds is 5. The van der Waals surface area contributed by atoms with Crippen molar-refractivity contribution in [1.82, 2.24) is 4.72 Å². The lowest BCUT2D eigenvalue weighted by Crippen LogP contribution is -2.26. The zero-order chi connectivity index (χ0) is 15.2. The van der Waals surface area contributed by atoms with Crippen LogP contribution in [0.5, 0.6) is 0 Å². The van der Waals surface area contributed by atoms with Gasteiger partial charge in [0.05, 0.1) is 11.4 Å². The molecule has 0 bridgehead atoms. The van der Waals surface area contributed by atoms with E-state index in [1.165, 1.54) is 6.07 Å². The molecular weight excluding hydrogens is 279 g/mol. The molecule has 3 N–H and O–H groups in total. The summed E-state index contributed by atoms with van der Waals surface area (Å²) in [6.07, 6.45) is 0.726. The monoisotopic (exact) mass is 298 g/mol.